The number of amides is 1. The van der Waals surface area contributed by atoms with E-state index in [1.165, 1.54) is 22.7 Å². The molecule has 2 aromatic carbocycles. The predicted octanol–water partition coefficient (Wildman–Crippen LogP) is 7.29. The number of carbonyl (C=O) groups is 2. The van der Waals surface area contributed by atoms with Gasteiger partial charge in [0.25, 0.3) is 5.78 Å². The quantitative estimate of drug-likeness (QED) is 0.0549. The summed E-state index contributed by atoms with van der Waals surface area (Å²) in [6.07, 6.45) is 2.69. The molecule has 0 spiro atoms. The number of aromatic nitrogens is 4. The molecule has 0 bridgehead atoms. The van der Waals surface area contributed by atoms with E-state index >= 15 is 0 Å². The number of hydrogen-bond donors (Lipinski definition) is 1. The number of ketones is 1. The van der Waals surface area contributed by atoms with E-state index < -0.39 is 17.7 Å². The highest BCUT2D eigenvalue weighted by molar-refractivity contribution is 8.00. The molecule has 236 valence electrons. The Morgan fingerprint density at radius 2 is 1.89 bits per heavy atom. The van der Waals surface area contributed by atoms with Crippen molar-refractivity contribution < 1.29 is 23.8 Å². The van der Waals surface area contributed by atoms with Gasteiger partial charge >= 0.3 is 5.91 Å². The summed E-state index contributed by atoms with van der Waals surface area (Å²) in [7, 11) is 0. The molecule has 0 aliphatic carbocycles. The third-order valence-corrected chi connectivity index (χ3v) is 9.91. The smallest absolute Gasteiger partial charge is 0.301 e. The number of imidazole rings is 1. The number of hydrogen-bond acceptors (Lipinski definition) is 9. The second-order valence-corrected chi connectivity index (χ2v) is 13.6. The van der Waals surface area contributed by atoms with Gasteiger partial charge in [-0.05, 0) is 67.1 Å². The Balaban J connectivity index is 1.43. The largest absolute Gasteiger partial charge is 0.505 e. The van der Waals surface area contributed by atoms with E-state index in [-0.39, 0.29) is 28.0 Å². The standard InChI is InChI=1S/C34H32FN5O4S2/c1-19(2)14-16-44-24-12-7-11-22(17-24)28-26(29(41)27-21(4)39-15-8-9-20(3)31(39)36-27)30(42)32(43)40(28)33-37-38-34(46-33)45-18-23-10-5-6-13-25(23)35/h5-13,15,17,19,28,41H,14,16,18H2,1-4H3. The van der Waals surface area contributed by atoms with E-state index in [4.69, 9.17) is 4.74 Å². The molecule has 46 heavy (non-hydrogen) atoms. The summed E-state index contributed by atoms with van der Waals surface area (Å²) in [6.45, 7) is 8.43. The molecule has 1 saturated heterocycles. The Hall–Kier alpha value is -4.55. The summed E-state index contributed by atoms with van der Waals surface area (Å²) in [5.41, 5.74) is 3.31. The molecule has 1 N–H and O–H groups in total. The fourth-order valence-electron chi connectivity index (χ4n) is 5.32. The van der Waals surface area contributed by atoms with Crippen molar-refractivity contribution in [3.63, 3.8) is 0 Å². The van der Waals surface area contributed by atoms with Crippen LogP contribution < -0.4 is 9.64 Å². The number of aliphatic hydroxyl groups is 1. The van der Waals surface area contributed by atoms with Crippen LogP contribution in [-0.2, 0) is 15.3 Å². The van der Waals surface area contributed by atoms with Gasteiger partial charge in [-0.25, -0.2) is 9.37 Å². The van der Waals surface area contributed by atoms with Gasteiger partial charge in [0.1, 0.15) is 22.9 Å². The molecular formula is C34H32FN5O4S2. The van der Waals surface area contributed by atoms with Crippen molar-refractivity contribution in [2.75, 3.05) is 11.5 Å². The molecule has 1 amide bonds. The first-order valence-corrected chi connectivity index (χ1v) is 16.6. The molecule has 12 heteroatoms. The first-order chi connectivity index (χ1) is 22.1. The van der Waals surface area contributed by atoms with Crippen LogP contribution in [0, 0.1) is 25.6 Å². The highest BCUT2D eigenvalue weighted by atomic mass is 32.2. The number of aliphatic hydroxyl groups excluding tert-OH is 1. The maximum atomic E-state index is 14.2. The van der Waals surface area contributed by atoms with Crippen LogP contribution in [-0.4, -0.2) is 43.0 Å². The minimum Gasteiger partial charge on any atom is -0.505 e. The predicted molar refractivity (Wildman–Crippen MR) is 177 cm³/mol. The zero-order chi connectivity index (χ0) is 32.5. The average molecular weight is 658 g/mol. The van der Waals surface area contributed by atoms with Gasteiger partial charge in [0.15, 0.2) is 10.1 Å². The van der Waals surface area contributed by atoms with E-state index in [0.29, 0.717) is 50.8 Å². The van der Waals surface area contributed by atoms with E-state index in [0.717, 1.165) is 23.3 Å². The summed E-state index contributed by atoms with van der Waals surface area (Å²) in [5.74, 6) is -1.08. The molecule has 1 aliphatic heterocycles. The van der Waals surface area contributed by atoms with Gasteiger partial charge in [-0.2, -0.15) is 0 Å². The first-order valence-electron chi connectivity index (χ1n) is 14.8. The van der Waals surface area contributed by atoms with Crippen LogP contribution in [0.4, 0.5) is 9.52 Å². The lowest BCUT2D eigenvalue weighted by molar-refractivity contribution is -0.132. The van der Waals surface area contributed by atoms with Crippen molar-refractivity contribution >= 4 is 51.3 Å². The average Bonchev–Trinajstić information content (AvgIpc) is 3.71. The van der Waals surface area contributed by atoms with Crippen molar-refractivity contribution in [3.8, 4) is 5.75 Å². The number of ether oxygens (including phenoxy) is 1. The van der Waals surface area contributed by atoms with Crippen LogP contribution in [0.3, 0.4) is 0 Å². The van der Waals surface area contributed by atoms with Gasteiger partial charge < -0.3 is 14.2 Å². The molecule has 0 saturated carbocycles. The van der Waals surface area contributed by atoms with E-state index in [1.54, 1.807) is 43.3 Å². The summed E-state index contributed by atoms with van der Waals surface area (Å²) in [6, 6.07) is 16.4. The van der Waals surface area contributed by atoms with Gasteiger partial charge in [-0.1, -0.05) is 73.3 Å². The minimum atomic E-state index is -1.03. The molecule has 1 aliphatic rings. The van der Waals surface area contributed by atoms with Crippen molar-refractivity contribution in [1.29, 1.82) is 0 Å². The molecule has 1 fully saturated rings. The van der Waals surface area contributed by atoms with Crippen molar-refractivity contribution in [3.05, 3.63) is 106 Å². The van der Waals surface area contributed by atoms with Crippen molar-refractivity contribution in [2.45, 2.75) is 50.3 Å². The number of halogens is 1. The summed E-state index contributed by atoms with van der Waals surface area (Å²) in [5, 5.41) is 20.5. The lowest BCUT2D eigenvalue weighted by Crippen LogP contribution is -2.29. The number of nitrogens with zero attached hydrogens (tertiary/aromatic N) is 5. The Morgan fingerprint density at radius 1 is 1.09 bits per heavy atom. The number of thioether (sulfide) groups is 1. The number of anilines is 1. The van der Waals surface area contributed by atoms with Gasteiger partial charge in [0.05, 0.1) is 23.9 Å². The van der Waals surface area contributed by atoms with E-state index in [9.17, 15) is 19.1 Å². The number of pyridine rings is 1. The molecule has 9 nitrogen and oxygen atoms in total. The van der Waals surface area contributed by atoms with Crippen LogP contribution in [0.2, 0.25) is 0 Å². The second-order valence-electron chi connectivity index (χ2n) is 11.4. The summed E-state index contributed by atoms with van der Waals surface area (Å²) < 4.78 is 22.6. The lowest BCUT2D eigenvalue weighted by atomic mass is 9.96. The molecule has 1 unspecified atom stereocenters. The number of fused-ring (bicyclic) bond motifs is 1. The molecule has 5 aromatic rings. The van der Waals surface area contributed by atoms with Gasteiger partial charge in [0, 0.05) is 11.9 Å². The SMILES string of the molecule is Cc1cccn2c(C)c(C(O)=C3C(=O)C(=O)N(c4nnc(SCc5ccccc5F)s4)C3c3cccc(OCCC(C)C)c3)nc12. The van der Waals surface area contributed by atoms with Gasteiger partial charge in [0.2, 0.25) is 5.13 Å². The van der Waals surface area contributed by atoms with Crippen molar-refractivity contribution in [2.24, 2.45) is 5.92 Å². The number of aryl methyl sites for hydroxylation is 2. The Morgan fingerprint density at radius 3 is 2.65 bits per heavy atom. The van der Waals surface area contributed by atoms with Crippen LogP contribution in [0.25, 0.3) is 11.4 Å². The molecule has 1 atom stereocenters. The molecule has 6 rings (SSSR count). The number of Topliss-reactive ketones (excluding diaryl/α,β-unsaturated/α-hetero) is 1. The third kappa shape index (κ3) is 6.02. The molecular weight excluding hydrogens is 626 g/mol. The monoisotopic (exact) mass is 657 g/mol. The van der Waals surface area contributed by atoms with Gasteiger partial charge in [-0.15, -0.1) is 10.2 Å². The Kier molecular flexibility index (Phi) is 8.92. The molecule has 3 aromatic heterocycles. The maximum absolute atomic E-state index is 14.2. The highest BCUT2D eigenvalue weighted by Crippen LogP contribution is 2.45. The van der Waals surface area contributed by atoms with E-state index in [2.05, 4.69) is 29.0 Å². The Bertz CT molecular complexity index is 1990. The first kappa shape index (κ1) is 31.4. The number of carbonyl (C=O) groups excluding carboxylic acids is 2. The highest BCUT2D eigenvalue weighted by Gasteiger charge is 2.49. The molecule has 4 heterocycles. The lowest BCUT2D eigenvalue weighted by Gasteiger charge is -2.23. The van der Waals surface area contributed by atoms with Crippen molar-refractivity contribution in [1.82, 2.24) is 19.6 Å². The fourth-order valence-corrected chi connectivity index (χ4v) is 7.17. The zero-order valence-electron chi connectivity index (χ0n) is 25.7. The zero-order valence-corrected chi connectivity index (χ0v) is 27.4. The molecule has 0 radical (unpaired) electrons. The summed E-state index contributed by atoms with van der Waals surface area (Å²) in [4.78, 5) is 33.5. The van der Waals surface area contributed by atoms with Crippen LogP contribution >= 0.6 is 23.1 Å². The third-order valence-electron chi connectivity index (χ3n) is 7.80. The topological polar surface area (TPSA) is 110 Å². The maximum Gasteiger partial charge on any atom is 0.301 e. The fraction of sp³-hybridized carbons (Fsp3) is 0.265. The number of benzene rings is 2. The number of rotatable bonds is 10. The normalized spacial score (nSPS) is 16.2. The van der Waals surface area contributed by atoms with Crippen LogP contribution in [0.1, 0.15) is 54.4 Å². The minimum absolute atomic E-state index is 0.107. The van der Waals surface area contributed by atoms with Crippen LogP contribution in [0.15, 0.2) is 76.8 Å². The van der Waals surface area contributed by atoms with E-state index in [1.807, 2.05) is 35.7 Å². The van der Waals surface area contributed by atoms with Crippen LogP contribution in [0.5, 0.6) is 5.75 Å². The Labute approximate surface area is 273 Å². The second kappa shape index (κ2) is 13.1. The summed E-state index contributed by atoms with van der Waals surface area (Å²) >= 11 is 2.39. The van der Waals surface area contributed by atoms with Gasteiger partial charge in [-0.3, -0.25) is 14.5 Å².